The fourth-order valence-corrected chi connectivity index (χ4v) is 4.35. The molecule has 1 aliphatic rings. The molecule has 1 aromatic heterocycles. The van der Waals surface area contributed by atoms with Gasteiger partial charge >= 0.3 is 0 Å². The molecule has 0 amide bonds. The average molecular weight is 348 g/mol. The van der Waals surface area contributed by atoms with Crippen LogP contribution in [0, 0.1) is 6.92 Å². The monoisotopic (exact) mass is 347 g/mol. The van der Waals surface area contributed by atoms with Gasteiger partial charge in [0.05, 0.1) is 10.4 Å². The number of fused-ring (bicyclic) bond motifs is 1. The summed E-state index contributed by atoms with van der Waals surface area (Å²) in [6.45, 7) is 2.13. The largest absolute Gasteiger partial charge is 0.446 e. The zero-order chi connectivity index (χ0) is 15.7. The van der Waals surface area contributed by atoms with Crippen LogP contribution in [0.15, 0.2) is 36.0 Å². The minimum atomic E-state index is 0.725. The molecule has 0 bridgehead atoms. The molecular formula is C17H17NOS3. The average Bonchev–Trinajstić information content (AvgIpc) is 2.85. The Morgan fingerprint density at radius 2 is 2.05 bits per heavy atom. The standard InChI is InChI=1S/C17H17NOS3/c1-10-14-7-4-12(8-18)16(21)15(14)17(22-10)19-13-5-2-11(9-20)3-6-13/h2-3,5-6,8,20H,4,7,9,18H2,1H3. The van der Waals surface area contributed by atoms with Crippen molar-refractivity contribution in [2.75, 3.05) is 0 Å². The molecule has 3 rings (SSSR count). The molecule has 0 radical (unpaired) electrons. The van der Waals surface area contributed by atoms with Gasteiger partial charge in [-0.05, 0) is 54.8 Å². The van der Waals surface area contributed by atoms with E-state index in [0.29, 0.717) is 0 Å². The van der Waals surface area contributed by atoms with Gasteiger partial charge in [0.1, 0.15) is 5.75 Å². The van der Waals surface area contributed by atoms with Crippen molar-refractivity contribution in [2.45, 2.75) is 25.5 Å². The Bertz CT molecular complexity index is 744. The zero-order valence-corrected chi connectivity index (χ0v) is 14.8. The van der Waals surface area contributed by atoms with Crippen LogP contribution < -0.4 is 10.5 Å². The van der Waals surface area contributed by atoms with Crippen molar-refractivity contribution >= 4 is 41.0 Å². The molecule has 114 valence electrons. The maximum absolute atomic E-state index is 6.10. The smallest absolute Gasteiger partial charge is 0.190 e. The van der Waals surface area contributed by atoms with Crippen molar-refractivity contribution in [3.05, 3.63) is 57.6 Å². The topological polar surface area (TPSA) is 35.2 Å². The van der Waals surface area contributed by atoms with Gasteiger partial charge in [-0.1, -0.05) is 24.4 Å². The number of thiol groups is 1. The molecule has 2 aromatic rings. The van der Waals surface area contributed by atoms with E-state index in [0.717, 1.165) is 45.4 Å². The van der Waals surface area contributed by atoms with Gasteiger partial charge in [0.15, 0.2) is 5.06 Å². The molecule has 5 heteroatoms. The number of rotatable bonds is 3. The van der Waals surface area contributed by atoms with Crippen LogP contribution in [0.4, 0.5) is 0 Å². The van der Waals surface area contributed by atoms with Gasteiger partial charge in [0.25, 0.3) is 0 Å². The predicted octanol–water partition coefficient (Wildman–Crippen LogP) is 4.79. The molecule has 0 atom stereocenters. The highest BCUT2D eigenvalue weighted by Gasteiger charge is 2.27. The summed E-state index contributed by atoms with van der Waals surface area (Å²) in [6.07, 6.45) is 3.52. The molecule has 2 N–H and O–H groups in total. The van der Waals surface area contributed by atoms with E-state index in [2.05, 4.69) is 19.6 Å². The van der Waals surface area contributed by atoms with Crippen LogP contribution in [-0.2, 0) is 12.2 Å². The maximum atomic E-state index is 6.10. The van der Waals surface area contributed by atoms with Gasteiger partial charge < -0.3 is 10.5 Å². The highest BCUT2D eigenvalue weighted by Crippen LogP contribution is 2.43. The van der Waals surface area contributed by atoms with Crippen LogP contribution >= 0.6 is 36.2 Å². The first-order chi connectivity index (χ1) is 10.6. The molecule has 0 saturated heterocycles. The maximum Gasteiger partial charge on any atom is 0.190 e. The first-order valence-corrected chi connectivity index (χ1v) is 8.95. The fourth-order valence-electron chi connectivity index (χ4n) is 2.62. The third-order valence-electron chi connectivity index (χ3n) is 3.86. The highest BCUT2D eigenvalue weighted by molar-refractivity contribution is 7.81. The minimum Gasteiger partial charge on any atom is -0.446 e. The predicted molar refractivity (Wildman–Crippen MR) is 101 cm³/mol. The van der Waals surface area contributed by atoms with Gasteiger partial charge in [-0.2, -0.15) is 12.6 Å². The van der Waals surface area contributed by atoms with Crippen molar-refractivity contribution in [1.82, 2.24) is 0 Å². The van der Waals surface area contributed by atoms with Crippen molar-refractivity contribution in [3.63, 3.8) is 0 Å². The van der Waals surface area contributed by atoms with E-state index < -0.39 is 0 Å². The van der Waals surface area contributed by atoms with Crippen molar-refractivity contribution in [1.29, 1.82) is 0 Å². The summed E-state index contributed by atoms with van der Waals surface area (Å²) in [5.74, 6) is 1.55. The molecule has 1 heterocycles. The minimum absolute atomic E-state index is 0.725. The summed E-state index contributed by atoms with van der Waals surface area (Å²) >= 11 is 11.5. The molecule has 0 unspecified atom stereocenters. The Morgan fingerprint density at radius 3 is 2.68 bits per heavy atom. The lowest BCUT2D eigenvalue weighted by atomic mass is 9.90. The SMILES string of the molecule is Cc1sc(Oc2ccc(CS)cc2)c2c1CCC(=CN)C2=S. The highest BCUT2D eigenvalue weighted by atomic mass is 32.1. The molecule has 1 aromatic carbocycles. The number of nitrogens with two attached hydrogens (primary N) is 1. The summed E-state index contributed by atoms with van der Waals surface area (Å²) in [7, 11) is 0. The number of benzene rings is 1. The molecule has 1 aliphatic carbocycles. The molecule has 0 aliphatic heterocycles. The quantitative estimate of drug-likeness (QED) is 0.476. The van der Waals surface area contributed by atoms with Gasteiger partial charge in [-0.3, -0.25) is 0 Å². The fraction of sp³-hybridized carbons (Fsp3) is 0.235. The third-order valence-corrected chi connectivity index (χ3v) is 5.71. The molecule has 0 spiro atoms. The van der Waals surface area contributed by atoms with E-state index in [1.807, 2.05) is 24.3 Å². The molecular weight excluding hydrogens is 330 g/mol. The van der Waals surface area contributed by atoms with Crippen LogP contribution in [-0.4, -0.2) is 4.86 Å². The summed E-state index contributed by atoms with van der Waals surface area (Å²) in [6, 6.07) is 7.99. The summed E-state index contributed by atoms with van der Waals surface area (Å²) in [5, 5.41) is 0.871. The zero-order valence-electron chi connectivity index (χ0n) is 12.3. The van der Waals surface area contributed by atoms with E-state index in [4.69, 9.17) is 22.7 Å². The molecule has 22 heavy (non-hydrogen) atoms. The van der Waals surface area contributed by atoms with E-state index in [1.54, 1.807) is 17.5 Å². The Balaban J connectivity index is 1.96. The lowest BCUT2D eigenvalue weighted by Gasteiger charge is -2.18. The lowest BCUT2D eigenvalue weighted by Crippen LogP contribution is -2.13. The second kappa shape index (κ2) is 6.44. The number of thiophene rings is 1. The van der Waals surface area contributed by atoms with Crippen molar-refractivity contribution < 1.29 is 4.74 Å². The van der Waals surface area contributed by atoms with Gasteiger partial charge in [-0.15, -0.1) is 11.3 Å². The van der Waals surface area contributed by atoms with Crippen LogP contribution in [0.1, 0.15) is 28.0 Å². The van der Waals surface area contributed by atoms with Crippen LogP contribution in [0.2, 0.25) is 0 Å². The Labute approximate surface area is 145 Å². The van der Waals surface area contributed by atoms with Gasteiger partial charge in [0.2, 0.25) is 0 Å². The van der Waals surface area contributed by atoms with E-state index in [1.165, 1.54) is 16.0 Å². The van der Waals surface area contributed by atoms with E-state index >= 15 is 0 Å². The van der Waals surface area contributed by atoms with Crippen LogP contribution in [0.5, 0.6) is 10.8 Å². The third kappa shape index (κ3) is 2.81. The van der Waals surface area contributed by atoms with Crippen LogP contribution in [0.3, 0.4) is 0 Å². The second-order valence-corrected chi connectivity index (χ2v) is 7.14. The number of aryl methyl sites for hydroxylation is 1. The molecule has 0 fully saturated rings. The van der Waals surface area contributed by atoms with Crippen molar-refractivity contribution in [3.8, 4) is 10.8 Å². The molecule has 0 saturated carbocycles. The first-order valence-electron chi connectivity index (χ1n) is 7.09. The number of hydrogen-bond donors (Lipinski definition) is 2. The summed E-state index contributed by atoms with van der Waals surface area (Å²) < 4.78 is 6.10. The Morgan fingerprint density at radius 1 is 1.32 bits per heavy atom. The number of thiocarbonyl (C=S) groups is 1. The van der Waals surface area contributed by atoms with Gasteiger partial charge in [-0.25, -0.2) is 0 Å². The number of hydrogen-bond acceptors (Lipinski definition) is 5. The summed E-state index contributed by atoms with van der Waals surface area (Å²) in [5.41, 5.74) is 10.3. The van der Waals surface area contributed by atoms with Crippen molar-refractivity contribution in [2.24, 2.45) is 5.73 Å². The van der Waals surface area contributed by atoms with Crippen LogP contribution in [0.25, 0.3) is 0 Å². The number of ether oxygens (including phenoxy) is 1. The Kier molecular flexibility index (Phi) is 4.57. The summed E-state index contributed by atoms with van der Waals surface area (Å²) in [4.78, 5) is 2.10. The lowest BCUT2D eigenvalue weighted by molar-refractivity contribution is 0.495. The van der Waals surface area contributed by atoms with E-state index in [-0.39, 0.29) is 0 Å². The van der Waals surface area contributed by atoms with Gasteiger partial charge in [0, 0.05) is 10.6 Å². The Hall–Kier alpha value is -1.30. The number of allylic oxidation sites excluding steroid dienone is 1. The normalized spacial score (nSPS) is 15.9. The van der Waals surface area contributed by atoms with E-state index in [9.17, 15) is 0 Å². The molecule has 2 nitrogen and oxygen atoms in total. The second-order valence-electron chi connectivity index (χ2n) is 5.22. The first kappa shape index (κ1) is 15.6.